The second-order valence-corrected chi connectivity index (χ2v) is 6.87. The van der Waals surface area contributed by atoms with Crippen LogP contribution in [0.25, 0.3) is 0 Å². The number of anilines is 1. The number of aryl methyl sites for hydroxylation is 2. The molecule has 0 radical (unpaired) electrons. The summed E-state index contributed by atoms with van der Waals surface area (Å²) < 4.78 is 41.4. The molecule has 1 unspecified atom stereocenters. The third kappa shape index (κ3) is 3.94. The third-order valence-electron chi connectivity index (χ3n) is 4.91. The Kier molecular flexibility index (Phi) is 5.17. The molecule has 0 bridgehead atoms. The largest absolute Gasteiger partial charge is 0.418 e. The van der Waals surface area contributed by atoms with Crippen molar-refractivity contribution in [2.75, 3.05) is 31.1 Å². The molecule has 5 nitrogen and oxygen atoms in total. The molecule has 1 aromatic heterocycles. The van der Waals surface area contributed by atoms with Crippen molar-refractivity contribution in [1.29, 1.82) is 0 Å². The maximum Gasteiger partial charge on any atom is 0.418 e. The summed E-state index contributed by atoms with van der Waals surface area (Å²) in [5.41, 5.74) is 1.29. The number of benzene rings is 1. The van der Waals surface area contributed by atoms with E-state index in [1.807, 2.05) is 19.9 Å². The van der Waals surface area contributed by atoms with Gasteiger partial charge in [0.25, 0.3) is 0 Å². The molecule has 0 spiro atoms. The first kappa shape index (κ1) is 19.3. The molecule has 1 aromatic carbocycles. The lowest BCUT2D eigenvalue weighted by Gasteiger charge is -2.38. The minimum absolute atomic E-state index is 0.0649. The topological polar surface area (TPSA) is 41.4 Å². The quantitative estimate of drug-likeness (QED) is 0.819. The zero-order valence-corrected chi connectivity index (χ0v) is 15.6. The van der Waals surface area contributed by atoms with Gasteiger partial charge in [-0.2, -0.15) is 18.3 Å². The number of para-hydroxylation sites is 1. The summed E-state index contributed by atoms with van der Waals surface area (Å²) in [6.45, 7) is 7.06. The van der Waals surface area contributed by atoms with Crippen LogP contribution in [0.15, 0.2) is 30.3 Å². The molecule has 1 aliphatic rings. The van der Waals surface area contributed by atoms with E-state index in [2.05, 4.69) is 5.10 Å². The van der Waals surface area contributed by atoms with Crippen LogP contribution in [-0.2, 0) is 11.0 Å². The van der Waals surface area contributed by atoms with Crippen molar-refractivity contribution in [2.24, 2.45) is 0 Å². The van der Waals surface area contributed by atoms with Crippen molar-refractivity contribution < 1.29 is 18.0 Å². The van der Waals surface area contributed by atoms with Crippen LogP contribution in [0.1, 0.15) is 29.9 Å². The first-order valence-corrected chi connectivity index (χ1v) is 8.91. The van der Waals surface area contributed by atoms with E-state index < -0.39 is 17.8 Å². The molecular weight excluding hydrogens is 357 g/mol. The second-order valence-electron chi connectivity index (χ2n) is 6.87. The third-order valence-corrected chi connectivity index (χ3v) is 4.91. The van der Waals surface area contributed by atoms with Gasteiger partial charge >= 0.3 is 6.18 Å². The van der Waals surface area contributed by atoms with Gasteiger partial charge in [-0.05, 0) is 39.0 Å². The smallest absolute Gasteiger partial charge is 0.367 e. The van der Waals surface area contributed by atoms with E-state index in [9.17, 15) is 18.0 Å². The van der Waals surface area contributed by atoms with E-state index in [0.717, 1.165) is 17.5 Å². The Morgan fingerprint density at radius 1 is 1.11 bits per heavy atom. The van der Waals surface area contributed by atoms with E-state index in [1.54, 1.807) is 27.5 Å². The number of hydrogen-bond acceptors (Lipinski definition) is 3. The fraction of sp³-hybridized carbons (Fsp3) is 0.474. The van der Waals surface area contributed by atoms with Gasteiger partial charge in [-0.15, -0.1) is 0 Å². The number of piperazine rings is 1. The standard InChI is InChI=1S/C19H23F3N4O/c1-13-12-14(2)26(23-13)15(3)18(27)25-10-8-24(9-11-25)17-7-5-4-6-16(17)19(20,21)22/h4-7,12,15H,8-11H2,1-3H3. The van der Waals surface area contributed by atoms with Crippen molar-refractivity contribution >= 4 is 11.6 Å². The minimum Gasteiger partial charge on any atom is -0.367 e. The molecule has 0 N–H and O–H groups in total. The Balaban J connectivity index is 1.69. The summed E-state index contributed by atoms with van der Waals surface area (Å²) >= 11 is 0. The van der Waals surface area contributed by atoms with Gasteiger partial charge < -0.3 is 9.80 Å². The zero-order valence-electron chi connectivity index (χ0n) is 15.6. The monoisotopic (exact) mass is 380 g/mol. The predicted octanol–water partition coefficient (Wildman–Crippen LogP) is 3.43. The van der Waals surface area contributed by atoms with E-state index in [4.69, 9.17) is 0 Å². The summed E-state index contributed by atoms with van der Waals surface area (Å²) in [6, 6.07) is 7.05. The average Bonchev–Trinajstić information content (AvgIpc) is 2.98. The number of carbonyl (C=O) groups excluding carboxylic acids is 1. The number of carbonyl (C=O) groups is 1. The Bertz CT molecular complexity index is 823. The second kappa shape index (κ2) is 7.25. The van der Waals surface area contributed by atoms with E-state index in [1.165, 1.54) is 12.1 Å². The van der Waals surface area contributed by atoms with E-state index in [-0.39, 0.29) is 11.6 Å². The highest BCUT2D eigenvalue weighted by molar-refractivity contribution is 5.80. The molecule has 1 saturated heterocycles. The molecule has 27 heavy (non-hydrogen) atoms. The van der Waals surface area contributed by atoms with Gasteiger partial charge in [-0.25, -0.2) is 0 Å². The minimum atomic E-state index is -4.40. The van der Waals surface area contributed by atoms with Crippen molar-refractivity contribution in [3.05, 3.63) is 47.3 Å². The number of aromatic nitrogens is 2. The molecule has 2 heterocycles. The molecule has 0 aliphatic carbocycles. The molecule has 8 heteroatoms. The summed E-state index contributed by atoms with van der Waals surface area (Å²) in [5, 5.41) is 4.36. The molecular formula is C19H23F3N4O. The average molecular weight is 380 g/mol. The maximum absolute atomic E-state index is 13.2. The SMILES string of the molecule is Cc1cc(C)n(C(C)C(=O)N2CCN(c3ccccc3C(F)(F)F)CC2)n1. The van der Waals surface area contributed by atoms with Crippen LogP contribution in [-0.4, -0.2) is 46.8 Å². The van der Waals surface area contributed by atoms with Crippen LogP contribution in [0, 0.1) is 13.8 Å². The van der Waals surface area contributed by atoms with Gasteiger partial charge in [0.2, 0.25) is 5.91 Å². The highest BCUT2D eigenvalue weighted by Crippen LogP contribution is 2.36. The number of rotatable bonds is 3. The zero-order chi connectivity index (χ0) is 19.8. The number of amides is 1. The van der Waals surface area contributed by atoms with Crippen molar-refractivity contribution in [3.63, 3.8) is 0 Å². The van der Waals surface area contributed by atoms with Gasteiger partial charge in [0.1, 0.15) is 6.04 Å². The highest BCUT2D eigenvalue weighted by atomic mass is 19.4. The van der Waals surface area contributed by atoms with Crippen LogP contribution in [0.3, 0.4) is 0 Å². The molecule has 1 atom stereocenters. The molecule has 146 valence electrons. The first-order valence-electron chi connectivity index (χ1n) is 8.91. The lowest BCUT2D eigenvalue weighted by Crippen LogP contribution is -2.50. The lowest BCUT2D eigenvalue weighted by molar-refractivity contribution is -0.138. The van der Waals surface area contributed by atoms with Crippen LogP contribution < -0.4 is 4.90 Å². The van der Waals surface area contributed by atoms with Gasteiger partial charge in [0.15, 0.2) is 0 Å². The molecule has 3 rings (SSSR count). The lowest BCUT2D eigenvalue weighted by atomic mass is 10.1. The number of hydrogen-bond donors (Lipinski definition) is 0. The number of halogens is 3. The Hall–Kier alpha value is -2.51. The van der Waals surface area contributed by atoms with Crippen LogP contribution in [0.4, 0.5) is 18.9 Å². The molecule has 1 fully saturated rings. The van der Waals surface area contributed by atoms with Gasteiger partial charge in [-0.3, -0.25) is 9.48 Å². The van der Waals surface area contributed by atoms with Crippen molar-refractivity contribution in [2.45, 2.75) is 33.0 Å². The van der Waals surface area contributed by atoms with Crippen LogP contribution >= 0.6 is 0 Å². The summed E-state index contributed by atoms with van der Waals surface area (Å²) in [4.78, 5) is 16.2. The first-order chi connectivity index (χ1) is 12.7. The number of nitrogens with zero attached hydrogens (tertiary/aromatic N) is 4. The van der Waals surface area contributed by atoms with Crippen molar-refractivity contribution in [1.82, 2.24) is 14.7 Å². The number of alkyl halides is 3. The van der Waals surface area contributed by atoms with Crippen molar-refractivity contribution in [3.8, 4) is 0 Å². The Labute approximate surface area is 156 Å². The Morgan fingerprint density at radius 3 is 2.30 bits per heavy atom. The van der Waals surface area contributed by atoms with Gasteiger partial charge in [0.05, 0.1) is 11.3 Å². The van der Waals surface area contributed by atoms with E-state index in [0.29, 0.717) is 26.2 Å². The molecule has 1 amide bonds. The molecule has 0 saturated carbocycles. The van der Waals surface area contributed by atoms with Crippen LogP contribution in [0.2, 0.25) is 0 Å². The van der Waals surface area contributed by atoms with Gasteiger partial charge in [0, 0.05) is 37.6 Å². The van der Waals surface area contributed by atoms with E-state index >= 15 is 0 Å². The highest BCUT2D eigenvalue weighted by Gasteiger charge is 2.35. The predicted molar refractivity (Wildman–Crippen MR) is 96.6 cm³/mol. The van der Waals surface area contributed by atoms with Crippen LogP contribution in [0.5, 0.6) is 0 Å². The normalized spacial score (nSPS) is 16.5. The Morgan fingerprint density at radius 2 is 1.74 bits per heavy atom. The summed E-state index contributed by atoms with van der Waals surface area (Å²) in [6.07, 6.45) is -4.40. The van der Waals surface area contributed by atoms with Gasteiger partial charge in [-0.1, -0.05) is 12.1 Å². The summed E-state index contributed by atoms with van der Waals surface area (Å²) in [5.74, 6) is -0.0649. The fourth-order valence-corrected chi connectivity index (χ4v) is 3.56. The fourth-order valence-electron chi connectivity index (χ4n) is 3.56. The maximum atomic E-state index is 13.2. The molecule has 2 aromatic rings. The molecule has 1 aliphatic heterocycles. The summed E-state index contributed by atoms with van der Waals surface area (Å²) in [7, 11) is 0.